The molecule has 0 saturated heterocycles. The number of para-hydroxylation sites is 1. The summed E-state index contributed by atoms with van der Waals surface area (Å²) in [6.45, 7) is 1.70. The molecular weight excluding hydrogens is 198 g/mol. The van der Waals surface area contributed by atoms with Gasteiger partial charge in [-0.3, -0.25) is 10.1 Å². The maximum Gasteiger partial charge on any atom is 0.298 e. The zero-order chi connectivity index (χ0) is 11.0. The van der Waals surface area contributed by atoms with Crippen molar-refractivity contribution in [2.75, 3.05) is 0 Å². The highest BCUT2D eigenvalue weighted by atomic mass is 16.6. The molecule has 0 fully saturated rings. The molecule has 0 aliphatic rings. The van der Waals surface area contributed by atoms with E-state index in [-0.39, 0.29) is 17.2 Å². The minimum absolute atomic E-state index is 0.0665. The lowest BCUT2D eigenvalue weighted by Gasteiger charge is -1.94. The number of fused-ring (bicyclic) bond motifs is 1. The van der Waals surface area contributed by atoms with E-state index < -0.39 is 4.92 Å². The van der Waals surface area contributed by atoms with Crippen LogP contribution >= 0.6 is 0 Å². The fourth-order valence-electron chi connectivity index (χ4n) is 1.29. The normalized spacial score (nSPS) is 12.9. The Morgan fingerprint density at radius 3 is 2.93 bits per heavy atom. The summed E-state index contributed by atoms with van der Waals surface area (Å²) < 4.78 is 5.28. The zero-order valence-electron chi connectivity index (χ0n) is 8.01. The van der Waals surface area contributed by atoms with Crippen molar-refractivity contribution in [3.05, 3.63) is 34.2 Å². The Hall–Kier alpha value is -1.95. The number of nitrogens with two attached hydrogens (primary N) is 1. The van der Waals surface area contributed by atoms with Gasteiger partial charge in [-0.05, 0) is 13.0 Å². The largest absolute Gasteiger partial charge is 0.439 e. The molecule has 0 spiro atoms. The molecule has 1 aromatic heterocycles. The average molecular weight is 207 g/mol. The van der Waals surface area contributed by atoms with Crippen molar-refractivity contribution in [1.29, 1.82) is 0 Å². The molecule has 0 amide bonds. The quantitative estimate of drug-likeness (QED) is 0.597. The van der Waals surface area contributed by atoms with Gasteiger partial charge in [0.25, 0.3) is 5.69 Å². The Kier molecular flexibility index (Phi) is 2.12. The number of aromatic nitrogens is 1. The third-order valence-electron chi connectivity index (χ3n) is 2.00. The van der Waals surface area contributed by atoms with Crippen molar-refractivity contribution in [2.24, 2.45) is 5.73 Å². The van der Waals surface area contributed by atoms with E-state index in [0.29, 0.717) is 11.5 Å². The highest BCUT2D eigenvalue weighted by molar-refractivity contribution is 5.82. The van der Waals surface area contributed by atoms with E-state index in [1.807, 2.05) is 0 Å². The summed E-state index contributed by atoms with van der Waals surface area (Å²) in [4.78, 5) is 14.2. The fraction of sp³-hybridized carbons (Fsp3) is 0.222. The van der Waals surface area contributed by atoms with E-state index in [4.69, 9.17) is 10.2 Å². The number of rotatable bonds is 2. The molecule has 0 radical (unpaired) electrons. The van der Waals surface area contributed by atoms with Crippen molar-refractivity contribution in [3.8, 4) is 0 Å². The van der Waals surface area contributed by atoms with Gasteiger partial charge >= 0.3 is 0 Å². The Balaban J connectivity index is 2.70. The van der Waals surface area contributed by atoms with Crippen LogP contribution in [-0.4, -0.2) is 9.91 Å². The Labute approximate surface area is 84.8 Å². The molecule has 0 saturated carbocycles. The first-order valence-corrected chi connectivity index (χ1v) is 4.39. The molecule has 2 rings (SSSR count). The van der Waals surface area contributed by atoms with Crippen molar-refractivity contribution in [3.63, 3.8) is 0 Å². The molecular formula is C9H9N3O3. The van der Waals surface area contributed by atoms with Crippen LogP contribution in [0, 0.1) is 10.1 Å². The number of non-ortho nitro benzene ring substituents is 1. The topological polar surface area (TPSA) is 95.2 Å². The third-order valence-corrected chi connectivity index (χ3v) is 2.00. The smallest absolute Gasteiger partial charge is 0.298 e. The first-order valence-electron chi connectivity index (χ1n) is 4.39. The second kappa shape index (κ2) is 3.32. The van der Waals surface area contributed by atoms with Crippen LogP contribution in [0.5, 0.6) is 0 Å². The van der Waals surface area contributed by atoms with Crippen LogP contribution in [0.2, 0.25) is 0 Å². The molecule has 78 valence electrons. The number of hydrogen-bond donors (Lipinski definition) is 1. The van der Waals surface area contributed by atoms with Crippen molar-refractivity contribution in [2.45, 2.75) is 13.0 Å². The van der Waals surface area contributed by atoms with Gasteiger partial charge in [0, 0.05) is 6.07 Å². The van der Waals surface area contributed by atoms with Crippen LogP contribution in [0.3, 0.4) is 0 Å². The highest BCUT2D eigenvalue weighted by Gasteiger charge is 2.18. The Morgan fingerprint density at radius 1 is 1.60 bits per heavy atom. The van der Waals surface area contributed by atoms with Crippen LogP contribution in [0.1, 0.15) is 18.9 Å². The summed E-state index contributed by atoms with van der Waals surface area (Å²) in [6, 6.07) is 4.19. The maximum atomic E-state index is 10.7. The lowest BCUT2D eigenvalue weighted by molar-refractivity contribution is -0.383. The first-order chi connectivity index (χ1) is 7.09. The fourth-order valence-corrected chi connectivity index (χ4v) is 1.29. The molecule has 0 aliphatic carbocycles. The lowest BCUT2D eigenvalue weighted by atomic mass is 10.3. The molecule has 1 aromatic carbocycles. The van der Waals surface area contributed by atoms with Crippen LogP contribution in [0.4, 0.5) is 5.69 Å². The number of nitro groups is 1. The molecule has 0 aliphatic heterocycles. The monoisotopic (exact) mass is 207 g/mol. The number of benzene rings is 1. The number of oxazole rings is 1. The summed E-state index contributed by atoms with van der Waals surface area (Å²) in [5.74, 6) is 0.305. The summed E-state index contributed by atoms with van der Waals surface area (Å²) in [6.07, 6.45) is 0. The molecule has 1 atom stereocenters. The molecule has 0 bridgehead atoms. The molecule has 0 unspecified atom stereocenters. The highest BCUT2D eigenvalue weighted by Crippen LogP contribution is 2.26. The molecule has 1 heterocycles. The van der Waals surface area contributed by atoms with E-state index >= 15 is 0 Å². The van der Waals surface area contributed by atoms with Gasteiger partial charge in [-0.1, -0.05) is 6.07 Å². The number of nitro benzene ring substituents is 1. The van der Waals surface area contributed by atoms with Crippen LogP contribution in [0.25, 0.3) is 11.1 Å². The summed E-state index contributed by atoms with van der Waals surface area (Å²) in [5.41, 5.74) is 6.14. The molecule has 2 N–H and O–H groups in total. The molecule has 15 heavy (non-hydrogen) atoms. The van der Waals surface area contributed by atoms with Gasteiger partial charge in [-0.15, -0.1) is 0 Å². The number of nitrogens with zero attached hydrogens (tertiary/aromatic N) is 2. The van der Waals surface area contributed by atoms with Crippen molar-refractivity contribution in [1.82, 2.24) is 4.98 Å². The predicted molar refractivity (Wildman–Crippen MR) is 53.3 cm³/mol. The summed E-state index contributed by atoms with van der Waals surface area (Å²) >= 11 is 0. The van der Waals surface area contributed by atoms with Gasteiger partial charge in [0.15, 0.2) is 11.1 Å². The average Bonchev–Trinajstić information content (AvgIpc) is 2.60. The molecule has 2 aromatic rings. The SMILES string of the molecule is C[C@H](N)c1nc2c([N+](=O)[O-])cccc2o1. The van der Waals surface area contributed by atoms with Gasteiger partial charge in [-0.2, -0.15) is 0 Å². The Bertz CT molecular complexity index is 518. The first kappa shape index (κ1) is 9.60. The number of hydrogen-bond acceptors (Lipinski definition) is 5. The standard InChI is InChI=1S/C9H9N3O3/c1-5(10)9-11-8-6(12(13)14)3-2-4-7(8)15-9/h2-5H,10H2,1H3/t5-/m0/s1. The molecule has 6 heteroatoms. The second-order valence-corrected chi connectivity index (χ2v) is 3.22. The van der Waals surface area contributed by atoms with Gasteiger partial charge in [0.05, 0.1) is 11.0 Å². The van der Waals surface area contributed by atoms with E-state index in [0.717, 1.165) is 0 Å². The minimum atomic E-state index is -0.490. The lowest BCUT2D eigenvalue weighted by Crippen LogP contribution is -2.04. The Morgan fingerprint density at radius 2 is 2.33 bits per heavy atom. The van der Waals surface area contributed by atoms with Crippen LogP contribution in [-0.2, 0) is 0 Å². The van der Waals surface area contributed by atoms with Crippen molar-refractivity contribution < 1.29 is 9.34 Å². The van der Waals surface area contributed by atoms with Crippen LogP contribution in [0.15, 0.2) is 22.6 Å². The zero-order valence-corrected chi connectivity index (χ0v) is 8.01. The van der Waals surface area contributed by atoms with E-state index in [2.05, 4.69) is 4.98 Å². The van der Waals surface area contributed by atoms with Gasteiger partial charge in [-0.25, -0.2) is 4.98 Å². The minimum Gasteiger partial charge on any atom is -0.439 e. The van der Waals surface area contributed by atoms with Crippen LogP contribution < -0.4 is 5.73 Å². The third kappa shape index (κ3) is 1.55. The van der Waals surface area contributed by atoms with E-state index in [1.165, 1.54) is 6.07 Å². The maximum absolute atomic E-state index is 10.7. The van der Waals surface area contributed by atoms with Gasteiger partial charge in [0.2, 0.25) is 5.89 Å². The summed E-state index contributed by atoms with van der Waals surface area (Å²) in [5, 5.41) is 10.7. The van der Waals surface area contributed by atoms with E-state index in [1.54, 1.807) is 19.1 Å². The predicted octanol–water partition coefficient (Wildman–Crippen LogP) is 1.76. The van der Waals surface area contributed by atoms with Gasteiger partial charge in [0.1, 0.15) is 0 Å². The second-order valence-electron chi connectivity index (χ2n) is 3.22. The molecule has 6 nitrogen and oxygen atoms in total. The van der Waals surface area contributed by atoms with Gasteiger partial charge < -0.3 is 10.2 Å². The van der Waals surface area contributed by atoms with E-state index in [9.17, 15) is 10.1 Å². The van der Waals surface area contributed by atoms with Crippen molar-refractivity contribution >= 4 is 16.8 Å². The summed E-state index contributed by atoms with van der Waals surface area (Å²) in [7, 11) is 0.